The molecule has 1 saturated heterocycles. The highest BCUT2D eigenvalue weighted by Gasteiger charge is 2.28. The van der Waals surface area contributed by atoms with Crippen molar-refractivity contribution in [1.29, 1.82) is 0 Å². The maximum Gasteiger partial charge on any atom is 0.264 e. The molecule has 0 atom stereocenters. The summed E-state index contributed by atoms with van der Waals surface area (Å²) in [5.41, 5.74) is 6.38. The van der Waals surface area contributed by atoms with Gasteiger partial charge in [-0.05, 0) is 51.2 Å². The summed E-state index contributed by atoms with van der Waals surface area (Å²) in [6.45, 7) is 1.72. The SMILES string of the molecule is COc1cc(F)c(S(=O)(=O)Nc2cccc(-c3nn(C4CCN(C)CC4)c4ncnc(N)c34)c2F)cc1Cl. The molecule has 38 heavy (non-hydrogen) atoms. The summed E-state index contributed by atoms with van der Waals surface area (Å²) in [6.07, 6.45) is 2.95. The number of nitrogens with zero attached hydrogens (tertiary/aromatic N) is 5. The normalized spacial score (nSPS) is 15.2. The average molecular weight is 564 g/mol. The van der Waals surface area contributed by atoms with Gasteiger partial charge in [-0.15, -0.1) is 0 Å². The Kier molecular flexibility index (Phi) is 6.84. The summed E-state index contributed by atoms with van der Waals surface area (Å²) in [5, 5.41) is 4.92. The molecule has 0 aliphatic carbocycles. The van der Waals surface area contributed by atoms with Crippen LogP contribution in [0.5, 0.6) is 5.75 Å². The number of methoxy groups -OCH3 is 1. The first-order valence-electron chi connectivity index (χ1n) is 11.6. The number of hydrogen-bond acceptors (Lipinski definition) is 8. The number of piperidine rings is 1. The molecule has 0 spiro atoms. The van der Waals surface area contributed by atoms with E-state index in [1.165, 1.54) is 31.6 Å². The third-order valence-electron chi connectivity index (χ3n) is 6.55. The van der Waals surface area contributed by atoms with Crippen LogP contribution in [0.4, 0.5) is 20.3 Å². The molecule has 0 unspecified atom stereocenters. The van der Waals surface area contributed by atoms with Gasteiger partial charge in [0, 0.05) is 11.6 Å². The smallest absolute Gasteiger partial charge is 0.264 e. The van der Waals surface area contributed by atoms with Crippen molar-refractivity contribution in [2.24, 2.45) is 0 Å². The lowest BCUT2D eigenvalue weighted by Gasteiger charge is -2.29. The zero-order valence-corrected chi connectivity index (χ0v) is 22.0. The second kappa shape index (κ2) is 9.97. The van der Waals surface area contributed by atoms with Gasteiger partial charge in [0.05, 0.1) is 29.2 Å². The molecule has 0 radical (unpaired) electrons. The lowest BCUT2D eigenvalue weighted by Crippen LogP contribution is -2.32. The number of hydrogen-bond donors (Lipinski definition) is 2. The maximum absolute atomic E-state index is 15.9. The number of benzene rings is 2. The Bertz CT molecular complexity index is 1640. The molecule has 4 aromatic rings. The molecular weight excluding hydrogens is 540 g/mol. The van der Waals surface area contributed by atoms with Gasteiger partial charge in [0.2, 0.25) is 0 Å². The fourth-order valence-electron chi connectivity index (χ4n) is 4.54. The Morgan fingerprint density at radius 1 is 1.18 bits per heavy atom. The molecule has 3 N–H and O–H groups in total. The van der Waals surface area contributed by atoms with E-state index in [1.54, 1.807) is 4.68 Å². The minimum atomic E-state index is -4.57. The summed E-state index contributed by atoms with van der Waals surface area (Å²) >= 11 is 6.00. The Morgan fingerprint density at radius 2 is 1.92 bits per heavy atom. The largest absolute Gasteiger partial charge is 0.495 e. The van der Waals surface area contributed by atoms with Crippen molar-refractivity contribution in [2.45, 2.75) is 23.8 Å². The van der Waals surface area contributed by atoms with Gasteiger partial charge in [0.1, 0.15) is 34.3 Å². The van der Waals surface area contributed by atoms with E-state index in [1.807, 2.05) is 7.05 Å². The first-order chi connectivity index (χ1) is 18.1. The maximum atomic E-state index is 15.9. The number of aromatic nitrogens is 4. The molecule has 10 nitrogen and oxygen atoms in total. The number of rotatable bonds is 6. The molecule has 3 heterocycles. The molecule has 2 aromatic heterocycles. The van der Waals surface area contributed by atoms with Crippen LogP contribution in [0.3, 0.4) is 0 Å². The van der Waals surface area contributed by atoms with Crippen LogP contribution >= 0.6 is 11.6 Å². The van der Waals surface area contributed by atoms with Crippen molar-refractivity contribution >= 4 is 44.2 Å². The van der Waals surface area contributed by atoms with Gasteiger partial charge in [0.25, 0.3) is 10.0 Å². The summed E-state index contributed by atoms with van der Waals surface area (Å²) in [7, 11) is -1.26. The second-order valence-corrected chi connectivity index (χ2v) is 11.0. The third-order valence-corrected chi connectivity index (χ3v) is 8.22. The van der Waals surface area contributed by atoms with Crippen LogP contribution in [0.2, 0.25) is 5.02 Å². The summed E-state index contributed by atoms with van der Waals surface area (Å²) in [4.78, 5) is 9.86. The van der Waals surface area contributed by atoms with Crippen molar-refractivity contribution in [2.75, 3.05) is 37.7 Å². The van der Waals surface area contributed by atoms with Crippen molar-refractivity contribution < 1.29 is 21.9 Å². The van der Waals surface area contributed by atoms with Crippen LogP contribution in [-0.4, -0.2) is 60.3 Å². The average Bonchev–Trinajstić information content (AvgIpc) is 3.27. The Morgan fingerprint density at radius 3 is 2.63 bits per heavy atom. The fourth-order valence-corrected chi connectivity index (χ4v) is 6.00. The van der Waals surface area contributed by atoms with E-state index in [0.717, 1.165) is 38.1 Å². The first kappa shape index (κ1) is 26.1. The number of nitrogen functional groups attached to an aromatic ring is 1. The van der Waals surface area contributed by atoms with Crippen LogP contribution in [0.15, 0.2) is 41.6 Å². The van der Waals surface area contributed by atoms with E-state index in [0.29, 0.717) is 11.0 Å². The fraction of sp³-hybridized carbons (Fsp3) is 0.292. The molecule has 1 aliphatic rings. The predicted octanol–water partition coefficient (Wildman–Crippen LogP) is 4.08. The van der Waals surface area contributed by atoms with E-state index in [9.17, 15) is 12.8 Å². The highest BCUT2D eigenvalue weighted by Crippen LogP contribution is 2.37. The Hall–Kier alpha value is -3.55. The molecule has 0 bridgehead atoms. The number of likely N-dealkylation sites (tertiary alicyclic amines) is 1. The summed E-state index contributed by atoms with van der Waals surface area (Å²) in [6, 6.07) is 5.88. The summed E-state index contributed by atoms with van der Waals surface area (Å²) in [5.74, 6) is -1.95. The van der Waals surface area contributed by atoms with Gasteiger partial charge in [-0.1, -0.05) is 17.7 Å². The van der Waals surface area contributed by atoms with E-state index in [-0.39, 0.29) is 33.9 Å². The van der Waals surface area contributed by atoms with Gasteiger partial charge < -0.3 is 15.4 Å². The first-order valence-corrected chi connectivity index (χ1v) is 13.5. The third kappa shape index (κ3) is 4.61. The summed E-state index contributed by atoms with van der Waals surface area (Å²) < 4.78 is 65.2. The quantitative estimate of drug-likeness (QED) is 0.359. The number of anilines is 2. The van der Waals surface area contributed by atoms with Gasteiger partial charge in [-0.2, -0.15) is 5.10 Å². The molecule has 14 heteroatoms. The molecular formula is C24H24ClF2N7O3S. The van der Waals surface area contributed by atoms with Crippen LogP contribution < -0.4 is 15.2 Å². The number of ether oxygens (including phenoxy) is 1. The topological polar surface area (TPSA) is 128 Å². The Balaban J connectivity index is 1.58. The molecule has 200 valence electrons. The zero-order valence-electron chi connectivity index (χ0n) is 20.5. The van der Waals surface area contributed by atoms with Crippen molar-refractivity contribution in [3.8, 4) is 17.0 Å². The molecule has 1 fully saturated rings. The standard InChI is InChI=1S/C24H24ClF2N7O3S/c1-33-8-6-13(7-9-33)34-24-20(23(28)29-12-30-24)22(31-34)14-4-3-5-17(21(14)27)32-38(35,36)19-10-15(25)18(37-2)11-16(19)26/h3-5,10-13,32H,6-9H2,1-2H3,(H2,28,29,30). The number of nitrogens with one attached hydrogen (secondary N) is 1. The second-order valence-electron chi connectivity index (χ2n) is 8.97. The van der Waals surface area contributed by atoms with Gasteiger partial charge in [-0.3, -0.25) is 4.72 Å². The van der Waals surface area contributed by atoms with E-state index < -0.39 is 32.2 Å². The van der Waals surface area contributed by atoms with Crippen LogP contribution in [0.25, 0.3) is 22.3 Å². The lowest BCUT2D eigenvalue weighted by atomic mass is 10.1. The number of halogens is 3. The highest BCUT2D eigenvalue weighted by molar-refractivity contribution is 7.92. The highest BCUT2D eigenvalue weighted by atomic mass is 35.5. The molecule has 0 saturated carbocycles. The van der Waals surface area contributed by atoms with Crippen molar-refractivity contribution in [3.63, 3.8) is 0 Å². The molecule has 5 rings (SSSR count). The monoisotopic (exact) mass is 563 g/mol. The minimum absolute atomic E-state index is 0.0170. The van der Waals surface area contributed by atoms with E-state index in [2.05, 4.69) is 24.7 Å². The van der Waals surface area contributed by atoms with Crippen molar-refractivity contribution in [3.05, 3.63) is 53.3 Å². The van der Waals surface area contributed by atoms with Crippen LogP contribution in [0.1, 0.15) is 18.9 Å². The van der Waals surface area contributed by atoms with Gasteiger partial charge in [0.15, 0.2) is 11.5 Å². The lowest BCUT2D eigenvalue weighted by molar-refractivity contribution is 0.215. The number of nitrogens with two attached hydrogens (primary N) is 1. The number of sulfonamides is 1. The van der Waals surface area contributed by atoms with Crippen LogP contribution in [0, 0.1) is 11.6 Å². The Labute approximate surface area is 222 Å². The van der Waals surface area contributed by atoms with E-state index in [4.69, 9.17) is 22.1 Å². The van der Waals surface area contributed by atoms with Gasteiger partial charge >= 0.3 is 0 Å². The molecule has 1 aliphatic heterocycles. The zero-order chi connectivity index (χ0) is 27.2. The molecule has 2 aromatic carbocycles. The van der Waals surface area contributed by atoms with Gasteiger partial charge in [-0.25, -0.2) is 31.8 Å². The van der Waals surface area contributed by atoms with Crippen molar-refractivity contribution in [1.82, 2.24) is 24.6 Å². The van der Waals surface area contributed by atoms with E-state index >= 15 is 4.39 Å². The predicted molar refractivity (Wildman–Crippen MR) is 140 cm³/mol. The minimum Gasteiger partial charge on any atom is -0.495 e. The van der Waals surface area contributed by atoms with Crippen LogP contribution in [-0.2, 0) is 10.0 Å². The number of fused-ring (bicyclic) bond motifs is 1. The molecule has 0 amide bonds.